The monoisotopic (exact) mass is 344 g/mol. The van der Waals surface area contributed by atoms with Gasteiger partial charge >= 0.3 is 5.97 Å². The Morgan fingerprint density at radius 1 is 1.09 bits per heavy atom. The number of pyridine rings is 1. The quantitative estimate of drug-likeness (QED) is 0.743. The number of carboxylic acid groups (broad SMARTS) is 1. The lowest BCUT2D eigenvalue weighted by Crippen LogP contribution is -2.28. The SMILES string of the molecule is O=C(NC(c1cccs1)c1cccs1)c1ccnc(C(=O)O)c1. The molecular formula is C16H12N2O3S2. The van der Waals surface area contributed by atoms with Crippen molar-refractivity contribution in [1.29, 1.82) is 0 Å². The number of hydrogen-bond acceptors (Lipinski definition) is 5. The zero-order valence-electron chi connectivity index (χ0n) is 11.8. The third kappa shape index (κ3) is 3.46. The number of aromatic nitrogens is 1. The van der Waals surface area contributed by atoms with Gasteiger partial charge in [0, 0.05) is 21.5 Å². The summed E-state index contributed by atoms with van der Waals surface area (Å²) in [6, 6.07) is 10.3. The summed E-state index contributed by atoms with van der Waals surface area (Å²) in [5.41, 5.74) is 0.122. The summed E-state index contributed by atoms with van der Waals surface area (Å²) in [5.74, 6) is -1.49. The van der Waals surface area contributed by atoms with E-state index in [0.29, 0.717) is 0 Å². The minimum absolute atomic E-state index is 0.151. The number of nitrogens with zero attached hydrogens (tertiary/aromatic N) is 1. The average molecular weight is 344 g/mol. The maximum atomic E-state index is 12.5. The maximum absolute atomic E-state index is 12.5. The second kappa shape index (κ2) is 6.72. The molecule has 0 fully saturated rings. The molecule has 0 aromatic carbocycles. The molecule has 0 unspecified atom stereocenters. The number of hydrogen-bond donors (Lipinski definition) is 2. The third-order valence-corrected chi connectivity index (χ3v) is 5.05. The van der Waals surface area contributed by atoms with E-state index >= 15 is 0 Å². The zero-order valence-corrected chi connectivity index (χ0v) is 13.4. The number of rotatable bonds is 5. The van der Waals surface area contributed by atoms with Crippen LogP contribution in [0.25, 0.3) is 0 Å². The summed E-state index contributed by atoms with van der Waals surface area (Å²) in [6.07, 6.45) is 1.32. The molecular weight excluding hydrogens is 332 g/mol. The molecule has 5 nitrogen and oxygen atoms in total. The average Bonchev–Trinajstić information content (AvgIpc) is 3.26. The van der Waals surface area contributed by atoms with Crippen molar-refractivity contribution in [2.45, 2.75) is 6.04 Å². The zero-order chi connectivity index (χ0) is 16.2. The number of carboxylic acids is 1. The van der Waals surface area contributed by atoms with Crippen LogP contribution in [0.3, 0.4) is 0 Å². The van der Waals surface area contributed by atoms with Crippen LogP contribution in [0.1, 0.15) is 36.6 Å². The molecule has 0 aliphatic heterocycles. The molecule has 0 saturated heterocycles. The Balaban J connectivity index is 1.87. The van der Waals surface area contributed by atoms with Crippen molar-refractivity contribution >= 4 is 34.6 Å². The molecule has 3 aromatic heterocycles. The standard InChI is InChI=1S/C16H12N2O3S2/c19-15(10-5-6-17-11(9-10)16(20)21)18-14(12-3-1-7-22-12)13-4-2-8-23-13/h1-9,14H,(H,18,19)(H,20,21). The fourth-order valence-corrected chi connectivity index (χ4v) is 3.76. The van der Waals surface area contributed by atoms with Crippen LogP contribution in [0.4, 0.5) is 0 Å². The Kier molecular flexibility index (Phi) is 4.50. The van der Waals surface area contributed by atoms with Crippen LogP contribution in [0, 0.1) is 0 Å². The molecule has 3 heterocycles. The van der Waals surface area contributed by atoms with Crippen LogP contribution in [0.5, 0.6) is 0 Å². The van der Waals surface area contributed by atoms with Crippen molar-refractivity contribution in [3.05, 3.63) is 74.4 Å². The van der Waals surface area contributed by atoms with E-state index in [0.717, 1.165) is 9.75 Å². The molecule has 0 radical (unpaired) electrons. The summed E-state index contributed by atoms with van der Waals surface area (Å²) in [5, 5.41) is 15.9. The second-order valence-corrected chi connectivity index (χ2v) is 6.63. The van der Waals surface area contributed by atoms with Gasteiger partial charge in [-0.2, -0.15) is 0 Å². The highest BCUT2D eigenvalue weighted by molar-refractivity contribution is 7.11. The molecule has 3 rings (SSSR count). The number of nitrogens with one attached hydrogen (secondary N) is 1. The van der Waals surface area contributed by atoms with E-state index in [-0.39, 0.29) is 23.2 Å². The van der Waals surface area contributed by atoms with Gasteiger partial charge in [0.15, 0.2) is 0 Å². The normalized spacial score (nSPS) is 10.7. The summed E-state index contributed by atoms with van der Waals surface area (Å²) in [7, 11) is 0. The Morgan fingerprint density at radius 2 is 1.74 bits per heavy atom. The topological polar surface area (TPSA) is 79.3 Å². The van der Waals surface area contributed by atoms with Gasteiger partial charge in [-0.3, -0.25) is 4.79 Å². The second-order valence-electron chi connectivity index (χ2n) is 4.67. The highest BCUT2D eigenvalue weighted by Gasteiger charge is 2.20. The molecule has 0 spiro atoms. The smallest absolute Gasteiger partial charge is 0.354 e. The first-order valence-electron chi connectivity index (χ1n) is 6.72. The lowest BCUT2D eigenvalue weighted by atomic mass is 10.1. The summed E-state index contributed by atoms with van der Waals surface area (Å²) < 4.78 is 0. The van der Waals surface area contributed by atoms with Crippen LogP contribution in [0.2, 0.25) is 0 Å². The Bertz CT molecular complexity index is 779. The van der Waals surface area contributed by atoms with Crippen LogP contribution >= 0.6 is 22.7 Å². The molecule has 116 valence electrons. The molecule has 23 heavy (non-hydrogen) atoms. The minimum atomic E-state index is -1.16. The van der Waals surface area contributed by atoms with Crippen LogP contribution in [0.15, 0.2) is 53.4 Å². The molecule has 2 N–H and O–H groups in total. The van der Waals surface area contributed by atoms with Gasteiger partial charge in [0.05, 0.1) is 6.04 Å². The van der Waals surface area contributed by atoms with E-state index in [2.05, 4.69) is 10.3 Å². The molecule has 0 saturated carbocycles. The van der Waals surface area contributed by atoms with E-state index in [1.807, 2.05) is 35.0 Å². The third-order valence-electron chi connectivity index (χ3n) is 3.17. The van der Waals surface area contributed by atoms with Crippen LogP contribution in [-0.2, 0) is 0 Å². The number of aromatic carboxylic acids is 1. The molecule has 0 atom stereocenters. The van der Waals surface area contributed by atoms with Crippen molar-refractivity contribution < 1.29 is 14.7 Å². The van der Waals surface area contributed by atoms with E-state index < -0.39 is 5.97 Å². The maximum Gasteiger partial charge on any atom is 0.354 e. The highest BCUT2D eigenvalue weighted by atomic mass is 32.1. The minimum Gasteiger partial charge on any atom is -0.477 e. The molecule has 0 aliphatic carbocycles. The molecule has 1 amide bonds. The first-order valence-corrected chi connectivity index (χ1v) is 8.48. The molecule has 7 heteroatoms. The first kappa shape index (κ1) is 15.4. The van der Waals surface area contributed by atoms with Crippen molar-refractivity contribution in [2.75, 3.05) is 0 Å². The van der Waals surface area contributed by atoms with E-state index in [1.54, 1.807) is 22.7 Å². The largest absolute Gasteiger partial charge is 0.477 e. The van der Waals surface area contributed by atoms with Crippen molar-refractivity contribution in [3.63, 3.8) is 0 Å². The Hall–Kier alpha value is -2.51. The number of carbonyl (C=O) groups excluding carboxylic acids is 1. The van der Waals surface area contributed by atoms with Gasteiger partial charge in [0.1, 0.15) is 5.69 Å². The number of amides is 1. The fraction of sp³-hybridized carbons (Fsp3) is 0.0625. The molecule has 0 aliphatic rings. The van der Waals surface area contributed by atoms with Gasteiger partial charge in [0.25, 0.3) is 5.91 Å². The van der Waals surface area contributed by atoms with Gasteiger partial charge in [-0.1, -0.05) is 12.1 Å². The van der Waals surface area contributed by atoms with E-state index in [4.69, 9.17) is 5.11 Å². The van der Waals surface area contributed by atoms with Crippen molar-refractivity contribution in [2.24, 2.45) is 0 Å². The molecule has 3 aromatic rings. The Morgan fingerprint density at radius 3 is 2.26 bits per heavy atom. The summed E-state index contributed by atoms with van der Waals surface area (Å²) in [6.45, 7) is 0. The summed E-state index contributed by atoms with van der Waals surface area (Å²) >= 11 is 3.12. The predicted octanol–water partition coefficient (Wildman–Crippen LogP) is 3.42. The van der Waals surface area contributed by atoms with E-state index in [9.17, 15) is 9.59 Å². The first-order chi connectivity index (χ1) is 11.1. The van der Waals surface area contributed by atoms with Gasteiger partial charge in [-0.05, 0) is 35.0 Å². The predicted molar refractivity (Wildman–Crippen MR) is 89.1 cm³/mol. The van der Waals surface area contributed by atoms with Gasteiger partial charge in [-0.25, -0.2) is 9.78 Å². The van der Waals surface area contributed by atoms with Crippen molar-refractivity contribution in [1.82, 2.24) is 10.3 Å². The number of thiophene rings is 2. The van der Waals surface area contributed by atoms with Gasteiger partial charge in [0.2, 0.25) is 0 Å². The summed E-state index contributed by atoms with van der Waals surface area (Å²) in [4.78, 5) is 29.2. The van der Waals surface area contributed by atoms with E-state index in [1.165, 1.54) is 18.3 Å². The Labute approximate surface area is 140 Å². The van der Waals surface area contributed by atoms with Crippen LogP contribution in [-0.4, -0.2) is 22.0 Å². The fourth-order valence-electron chi connectivity index (χ4n) is 2.10. The lowest BCUT2D eigenvalue weighted by Gasteiger charge is -2.16. The van der Waals surface area contributed by atoms with Gasteiger partial charge < -0.3 is 10.4 Å². The van der Waals surface area contributed by atoms with Gasteiger partial charge in [-0.15, -0.1) is 22.7 Å². The highest BCUT2D eigenvalue weighted by Crippen LogP contribution is 2.29. The van der Waals surface area contributed by atoms with Crippen molar-refractivity contribution in [3.8, 4) is 0 Å². The number of carbonyl (C=O) groups is 2. The molecule has 0 bridgehead atoms. The van der Waals surface area contributed by atoms with Crippen LogP contribution < -0.4 is 5.32 Å². The lowest BCUT2D eigenvalue weighted by molar-refractivity contribution is 0.0690.